The first-order chi connectivity index (χ1) is 8.69. The number of nitrogens with zero attached hydrogens (tertiary/aromatic N) is 2. The first-order valence-corrected chi connectivity index (χ1v) is 6.83. The van der Waals surface area contributed by atoms with Crippen molar-refractivity contribution in [2.75, 3.05) is 11.9 Å². The average molecular weight is 326 g/mol. The Labute approximate surface area is 116 Å². The predicted octanol–water partition coefficient (Wildman–Crippen LogP) is 3.57. The van der Waals surface area contributed by atoms with Gasteiger partial charge >= 0.3 is 0 Å². The fourth-order valence-electron chi connectivity index (χ4n) is 1.45. The highest BCUT2D eigenvalue weighted by atomic mass is 79.9. The molecule has 3 nitrogen and oxygen atoms in total. The number of benzene rings is 1. The molecule has 0 aliphatic carbocycles. The van der Waals surface area contributed by atoms with E-state index in [0.717, 1.165) is 4.47 Å². The molecule has 0 aliphatic rings. The maximum atomic E-state index is 13.4. The van der Waals surface area contributed by atoms with Crippen molar-refractivity contribution in [2.45, 2.75) is 6.42 Å². The minimum atomic E-state index is -0.211. The summed E-state index contributed by atoms with van der Waals surface area (Å²) in [5.74, 6) is -0.211. The number of hydrogen-bond donors (Lipinski definition) is 1. The number of hydrogen-bond acceptors (Lipinski definition) is 4. The van der Waals surface area contributed by atoms with Crippen LogP contribution >= 0.6 is 27.3 Å². The first kappa shape index (κ1) is 13.0. The van der Waals surface area contributed by atoms with Gasteiger partial charge in [-0.1, -0.05) is 27.3 Å². The van der Waals surface area contributed by atoms with Crippen LogP contribution in [0.1, 0.15) is 10.4 Å². The van der Waals surface area contributed by atoms with E-state index in [1.165, 1.54) is 23.6 Å². The lowest BCUT2D eigenvalue weighted by Gasteiger charge is -2.04. The second kappa shape index (κ2) is 5.94. The number of nitrogens with one attached hydrogen (secondary N) is 1. The highest BCUT2D eigenvalue weighted by Crippen LogP contribution is 2.18. The van der Waals surface area contributed by atoms with Crippen LogP contribution < -0.4 is 5.32 Å². The van der Waals surface area contributed by atoms with Crippen LogP contribution in [0.15, 0.2) is 28.9 Å². The van der Waals surface area contributed by atoms with Crippen LogP contribution in [0.3, 0.4) is 0 Å². The number of thiazole rings is 1. The molecule has 0 unspecified atom stereocenters. The fourth-order valence-corrected chi connectivity index (χ4v) is 2.49. The Kier molecular flexibility index (Phi) is 4.28. The normalized spacial score (nSPS) is 10.1. The lowest BCUT2D eigenvalue weighted by molar-refractivity contribution is 0.610. The van der Waals surface area contributed by atoms with Crippen molar-refractivity contribution in [1.29, 1.82) is 5.26 Å². The van der Waals surface area contributed by atoms with Crippen LogP contribution in [-0.4, -0.2) is 11.5 Å². The maximum Gasteiger partial charge on any atom is 0.183 e. The topological polar surface area (TPSA) is 48.7 Å². The Hall–Kier alpha value is -1.45. The van der Waals surface area contributed by atoms with Gasteiger partial charge in [-0.2, -0.15) is 5.26 Å². The maximum absolute atomic E-state index is 13.4. The number of anilines is 1. The quantitative estimate of drug-likeness (QED) is 0.934. The van der Waals surface area contributed by atoms with Crippen molar-refractivity contribution in [3.05, 3.63) is 45.1 Å². The summed E-state index contributed by atoms with van der Waals surface area (Å²) in [4.78, 5) is 4.60. The molecule has 6 heteroatoms. The molecule has 1 N–H and O–H groups in total. The number of halogens is 2. The van der Waals surface area contributed by atoms with Crippen molar-refractivity contribution in [3.8, 4) is 6.07 Å². The molecule has 2 rings (SSSR count). The molecular formula is C12H9BrFN3S. The Balaban J connectivity index is 1.92. The number of aromatic nitrogens is 1. The number of nitriles is 1. The zero-order valence-electron chi connectivity index (χ0n) is 9.28. The third kappa shape index (κ3) is 3.28. The molecule has 0 saturated carbocycles. The van der Waals surface area contributed by atoms with E-state index in [4.69, 9.17) is 5.26 Å². The molecule has 0 fully saturated rings. The van der Waals surface area contributed by atoms with E-state index in [2.05, 4.69) is 26.2 Å². The second-order valence-electron chi connectivity index (χ2n) is 3.55. The van der Waals surface area contributed by atoms with Gasteiger partial charge in [-0.3, -0.25) is 0 Å². The molecule has 0 radical (unpaired) electrons. The van der Waals surface area contributed by atoms with E-state index in [1.807, 2.05) is 6.07 Å². The van der Waals surface area contributed by atoms with E-state index < -0.39 is 0 Å². The van der Waals surface area contributed by atoms with E-state index in [0.29, 0.717) is 28.5 Å². The number of rotatable bonds is 4. The van der Waals surface area contributed by atoms with Crippen molar-refractivity contribution in [3.63, 3.8) is 0 Å². The molecule has 1 aromatic heterocycles. The van der Waals surface area contributed by atoms with Crippen LogP contribution in [0.2, 0.25) is 0 Å². The Morgan fingerprint density at radius 2 is 2.33 bits per heavy atom. The van der Waals surface area contributed by atoms with Gasteiger partial charge < -0.3 is 5.32 Å². The monoisotopic (exact) mass is 325 g/mol. The van der Waals surface area contributed by atoms with E-state index in [1.54, 1.807) is 12.1 Å². The van der Waals surface area contributed by atoms with Crippen molar-refractivity contribution < 1.29 is 4.39 Å². The van der Waals surface area contributed by atoms with E-state index in [-0.39, 0.29) is 5.82 Å². The van der Waals surface area contributed by atoms with Gasteiger partial charge in [0.15, 0.2) is 5.13 Å². The smallest absolute Gasteiger partial charge is 0.183 e. The summed E-state index contributed by atoms with van der Waals surface area (Å²) in [7, 11) is 0. The van der Waals surface area contributed by atoms with Crippen LogP contribution in [0.5, 0.6) is 0 Å². The standard InChI is InChI=1S/C12H9BrFN3S/c13-9-1-2-11(14)8(5-9)3-4-16-12-17-7-10(6-15)18-12/h1-2,5,7H,3-4H2,(H,16,17). The predicted molar refractivity (Wildman–Crippen MR) is 73.1 cm³/mol. The summed E-state index contributed by atoms with van der Waals surface area (Å²) in [6, 6.07) is 6.90. The zero-order chi connectivity index (χ0) is 13.0. The molecule has 18 heavy (non-hydrogen) atoms. The largest absolute Gasteiger partial charge is 0.361 e. The summed E-state index contributed by atoms with van der Waals surface area (Å²) in [6.45, 7) is 0.575. The van der Waals surface area contributed by atoms with Crippen molar-refractivity contribution in [1.82, 2.24) is 4.98 Å². The molecule has 0 atom stereocenters. The SMILES string of the molecule is N#Cc1cnc(NCCc2cc(Br)ccc2F)s1. The molecular weight excluding hydrogens is 317 g/mol. The minimum Gasteiger partial charge on any atom is -0.361 e. The highest BCUT2D eigenvalue weighted by molar-refractivity contribution is 9.10. The summed E-state index contributed by atoms with van der Waals surface area (Å²) in [5, 5.41) is 12.4. The van der Waals surface area contributed by atoms with Gasteiger partial charge in [-0.05, 0) is 30.2 Å². The lowest BCUT2D eigenvalue weighted by atomic mass is 10.1. The lowest BCUT2D eigenvalue weighted by Crippen LogP contribution is -2.05. The molecule has 0 aliphatic heterocycles. The van der Waals surface area contributed by atoms with Crippen LogP contribution in [0.4, 0.5) is 9.52 Å². The molecule has 92 valence electrons. The summed E-state index contributed by atoms with van der Waals surface area (Å²) in [6.07, 6.45) is 2.08. The average Bonchev–Trinajstić information content (AvgIpc) is 2.81. The summed E-state index contributed by atoms with van der Waals surface area (Å²) >= 11 is 4.60. The molecule has 2 aromatic rings. The van der Waals surface area contributed by atoms with Gasteiger partial charge in [0, 0.05) is 11.0 Å². The molecule has 0 bridgehead atoms. The van der Waals surface area contributed by atoms with E-state index in [9.17, 15) is 4.39 Å². The second-order valence-corrected chi connectivity index (χ2v) is 5.50. The van der Waals surface area contributed by atoms with E-state index >= 15 is 0 Å². The van der Waals surface area contributed by atoms with Crippen LogP contribution in [-0.2, 0) is 6.42 Å². The Morgan fingerprint density at radius 1 is 1.50 bits per heavy atom. The van der Waals surface area contributed by atoms with Crippen molar-refractivity contribution >= 4 is 32.4 Å². The van der Waals surface area contributed by atoms with Gasteiger partial charge in [-0.25, -0.2) is 9.37 Å². The van der Waals surface area contributed by atoms with Gasteiger partial charge in [0.25, 0.3) is 0 Å². The van der Waals surface area contributed by atoms with Gasteiger partial charge in [0.05, 0.1) is 6.20 Å². The minimum absolute atomic E-state index is 0.211. The summed E-state index contributed by atoms with van der Waals surface area (Å²) in [5.41, 5.74) is 0.647. The molecule has 0 amide bonds. The van der Waals surface area contributed by atoms with Crippen LogP contribution in [0, 0.1) is 17.1 Å². The van der Waals surface area contributed by atoms with Gasteiger partial charge in [0.1, 0.15) is 16.8 Å². The molecule has 1 aromatic carbocycles. The highest BCUT2D eigenvalue weighted by Gasteiger charge is 2.04. The zero-order valence-corrected chi connectivity index (χ0v) is 11.7. The Morgan fingerprint density at radius 3 is 3.06 bits per heavy atom. The molecule has 0 spiro atoms. The first-order valence-electron chi connectivity index (χ1n) is 5.23. The molecule has 0 saturated heterocycles. The fraction of sp³-hybridized carbons (Fsp3) is 0.167. The van der Waals surface area contributed by atoms with Crippen molar-refractivity contribution in [2.24, 2.45) is 0 Å². The third-order valence-corrected chi connectivity index (χ3v) is 3.65. The summed E-state index contributed by atoms with van der Waals surface area (Å²) < 4.78 is 14.3. The van der Waals surface area contributed by atoms with Crippen LogP contribution in [0.25, 0.3) is 0 Å². The van der Waals surface area contributed by atoms with Gasteiger partial charge in [0.2, 0.25) is 0 Å². The Bertz CT molecular complexity index is 591. The molecule has 1 heterocycles. The third-order valence-electron chi connectivity index (χ3n) is 2.29. The van der Waals surface area contributed by atoms with Gasteiger partial charge in [-0.15, -0.1) is 0 Å².